The van der Waals surface area contributed by atoms with E-state index >= 15 is 0 Å². The molecule has 0 amide bonds. The van der Waals surface area contributed by atoms with Gasteiger partial charge in [-0.15, -0.1) is 13.2 Å². The maximum absolute atomic E-state index is 14.0. The second kappa shape index (κ2) is 10.1. The number of piperazine rings is 1. The number of likely N-dealkylation sites (N-methyl/N-ethyl adjacent to an activating group) is 1. The van der Waals surface area contributed by atoms with Gasteiger partial charge >= 0.3 is 6.36 Å². The van der Waals surface area contributed by atoms with Gasteiger partial charge in [-0.05, 0) is 42.9 Å². The molecule has 7 nitrogen and oxygen atoms in total. The second-order valence-corrected chi connectivity index (χ2v) is 10.7. The Labute approximate surface area is 218 Å². The van der Waals surface area contributed by atoms with Crippen molar-refractivity contribution in [1.82, 2.24) is 13.9 Å². The van der Waals surface area contributed by atoms with Gasteiger partial charge in [0.2, 0.25) is 0 Å². The molecule has 1 aromatic heterocycles. The monoisotopic (exact) mass is 542 g/mol. The predicted molar refractivity (Wildman–Crippen MR) is 140 cm³/mol. The highest BCUT2D eigenvalue weighted by atomic mass is 32.2. The number of nitrogens with zero attached hydrogens (tertiary/aromatic N) is 4. The molecule has 0 atom stereocenters. The molecule has 5 rings (SSSR count). The van der Waals surface area contributed by atoms with Crippen molar-refractivity contribution in [3.63, 3.8) is 0 Å². The summed E-state index contributed by atoms with van der Waals surface area (Å²) >= 11 is 0. The number of fused-ring (bicyclic) bond motifs is 1. The number of aromatic nitrogens is 1. The highest BCUT2D eigenvalue weighted by Crippen LogP contribution is 2.36. The molecule has 3 aromatic carbocycles. The number of hydrazone groups is 1. The predicted octanol–water partition coefficient (Wildman–Crippen LogP) is 5.03. The molecule has 0 spiro atoms. The molecular formula is C27H25F3N4O3S. The van der Waals surface area contributed by atoms with Crippen molar-refractivity contribution in [3.05, 3.63) is 84.4 Å². The van der Waals surface area contributed by atoms with Crippen LogP contribution in [-0.2, 0) is 10.0 Å². The smallest absolute Gasteiger partial charge is 0.406 e. The van der Waals surface area contributed by atoms with Crippen LogP contribution in [0.3, 0.4) is 0 Å². The lowest BCUT2D eigenvalue weighted by atomic mass is 10.1. The lowest BCUT2D eigenvalue weighted by Crippen LogP contribution is -2.41. The van der Waals surface area contributed by atoms with E-state index in [1.165, 1.54) is 3.97 Å². The van der Waals surface area contributed by atoms with Gasteiger partial charge in [-0.2, -0.15) is 5.10 Å². The van der Waals surface area contributed by atoms with E-state index in [0.29, 0.717) is 27.7 Å². The summed E-state index contributed by atoms with van der Waals surface area (Å²) in [5, 5.41) is 7.33. The Morgan fingerprint density at radius 1 is 0.868 bits per heavy atom. The van der Waals surface area contributed by atoms with E-state index < -0.39 is 22.1 Å². The van der Waals surface area contributed by atoms with Crippen LogP contribution < -0.4 is 4.74 Å². The Bertz CT molecular complexity index is 1560. The molecule has 4 aromatic rings. The molecule has 198 valence electrons. The maximum Gasteiger partial charge on any atom is 0.573 e. The highest BCUT2D eigenvalue weighted by molar-refractivity contribution is 7.90. The topological polar surface area (TPSA) is 67.1 Å². The normalized spacial score (nSPS) is 15.4. The Morgan fingerprint density at radius 3 is 2.16 bits per heavy atom. The van der Waals surface area contributed by atoms with Crippen molar-refractivity contribution in [2.45, 2.75) is 11.3 Å². The third kappa shape index (κ3) is 5.25. The van der Waals surface area contributed by atoms with Crippen LogP contribution in [0.4, 0.5) is 13.2 Å². The minimum atomic E-state index is -4.88. The molecule has 0 unspecified atom stereocenters. The van der Waals surface area contributed by atoms with Crippen LogP contribution in [0.25, 0.3) is 22.2 Å². The van der Waals surface area contributed by atoms with E-state index in [-0.39, 0.29) is 4.90 Å². The summed E-state index contributed by atoms with van der Waals surface area (Å²) in [6.45, 7) is 3.23. The number of alkyl halides is 3. The minimum absolute atomic E-state index is 0.174. The minimum Gasteiger partial charge on any atom is -0.406 e. The number of hydrogen-bond donors (Lipinski definition) is 0. The van der Waals surface area contributed by atoms with Gasteiger partial charge in [0.15, 0.2) is 0 Å². The van der Waals surface area contributed by atoms with E-state index in [9.17, 15) is 21.6 Å². The largest absolute Gasteiger partial charge is 0.573 e. The van der Waals surface area contributed by atoms with Crippen molar-refractivity contribution in [2.24, 2.45) is 5.10 Å². The molecular weight excluding hydrogens is 517 g/mol. The van der Waals surface area contributed by atoms with E-state index in [0.717, 1.165) is 50.4 Å². The number of benzene rings is 3. The molecule has 0 saturated carbocycles. The van der Waals surface area contributed by atoms with Crippen molar-refractivity contribution in [3.8, 4) is 17.0 Å². The maximum atomic E-state index is 14.0. The quantitative estimate of drug-likeness (QED) is 0.320. The van der Waals surface area contributed by atoms with Crippen LogP contribution in [0.2, 0.25) is 0 Å². The summed E-state index contributed by atoms with van der Waals surface area (Å²) in [6, 6.07) is 20.4. The number of hydrogen-bond acceptors (Lipinski definition) is 6. The standard InChI is InChI=1S/C27H25F3N4O3S/c1-32-15-17-33(18-16-32)31-19-24-23-9-5-6-10-25(23)34(26(24)20-7-3-2-4-8-20)38(35,36)22-13-11-21(12-14-22)37-27(28,29)30/h2-14,19H,15-18H2,1H3/b31-19+. The Balaban J connectivity index is 1.67. The summed E-state index contributed by atoms with van der Waals surface area (Å²) in [6.07, 6.45) is -3.18. The third-order valence-electron chi connectivity index (χ3n) is 6.34. The van der Waals surface area contributed by atoms with Gasteiger partial charge in [0.05, 0.1) is 22.3 Å². The molecule has 1 fully saturated rings. The number of para-hydroxylation sites is 1. The van der Waals surface area contributed by atoms with Gasteiger partial charge in [-0.1, -0.05) is 48.5 Å². The first-order chi connectivity index (χ1) is 18.1. The summed E-state index contributed by atoms with van der Waals surface area (Å²) in [4.78, 5) is 2.04. The van der Waals surface area contributed by atoms with Gasteiger partial charge in [0, 0.05) is 37.1 Å². The fraction of sp³-hybridized carbons (Fsp3) is 0.222. The lowest BCUT2D eigenvalue weighted by Gasteiger charge is -2.30. The zero-order valence-corrected chi connectivity index (χ0v) is 21.3. The van der Waals surface area contributed by atoms with Crippen LogP contribution in [0.5, 0.6) is 5.75 Å². The van der Waals surface area contributed by atoms with E-state index in [4.69, 9.17) is 0 Å². The molecule has 0 radical (unpaired) electrons. The van der Waals surface area contributed by atoms with Gasteiger partial charge in [0.25, 0.3) is 10.0 Å². The van der Waals surface area contributed by atoms with E-state index in [1.807, 2.05) is 47.5 Å². The van der Waals surface area contributed by atoms with Crippen LogP contribution in [-0.4, -0.2) is 68.1 Å². The first-order valence-corrected chi connectivity index (χ1v) is 13.4. The SMILES string of the molecule is CN1CCN(/N=C/c2c(-c3ccccc3)n(S(=O)(=O)c3ccc(OC(F)(F)F)cc3)c3ccccc23)CC1. The molecule has 2 heterocycles. The molecule has 0 N–H and O–H groups in total. The first kappa shape index (κ1) is 25.8. The van der Waals surface area contributed by atoms with Crippen LogP contribution >= 0.6 is 0 Å². The summed E-state index contributed by atoms with van der Waals surface area (Å²) in [5.41, 5.74) is 2.14. The average Bonchev–Trinajstić information content (AvgIpc) is 3.23. The Morgan fingerprint density at radius 2 is 1.50 bits per heavy atom. The fourth-order valence-electron chi connectivity index (χ4n) is 4.45. The van der Waals surface area contributed by atoms with Crippen LogP contribution in [0.1, 0.15) is 5.56 Å². The Kier molecular flexibility index (Phi) is 6.89. The van der Waals surface area contributed by atoms with Crippen molar-refractivity contribution in [1.29, 1.82) is 0 Å². The Hall–Kier alpha value is -3.83. The summed E-state index contributed by atoms with van der Waals surface area (Å²) in [7, 11) is -2.19. The average molecular weight is 543 g/mol. The lowest BCUT2D eigenvalue weighted by molar-refractivity contribution is -0.274. The molecule has 11 heteroatoms. The number of halogens is 3. The first-order valence-electron chi connectivity index (χ1n) is 11.9. The number of ether oxygens (including phenoxy) is 1. The van der Waals surface area contributed by atoms with Crippen molar-refractivity contribution < 1.29 is 26.3 Å². The molecule has 1 aliphatic heterocycles. The van der Waals surface area contributed by atoms with Crippen molar-refractivity contribution >= 4 is 27.1 Å². The third-order valence-corrected chi connectivity index (χ3v) is 8.07. The van der Waals surface area contributed by atoms with Gasteiger partial charge in [0.1, 0.15) is 5.75 Å². The van der Waals surface area contributed by atoms with Gasteiger partial charge in [-0.25, -0.2) is 12.4 Å². The fourth-order valence-corrected chi connectivity index (χ4v) is 6.01. The zero-order valence-electron chi connectivity index (χ0n) is 20.5. The van der Waals surface area contributed by atoms with Crippen molar-refractivity contribution in [2.75, 3.05) is 33.2 Å². The summed E-state index contributed by atoms with van der Waals surface area (Å²) in [5.74, 6) is -0.503. The van der Waals surface area contributed by atoms with Gasteiger partial charge in [-0.3, -0.25) is 5.01 Å². The van der Waals surface area contributed by atoms with Crippen LogP contribution in [0, 0.1) is 0 Å². The zero-order chi connectivity index (χ0) is 26.9. The highest BCUT2D eigenvalue weighted by Gasteiger charge is 2.32. The molecule has 1 aliphatic rings. The molecule has 0 aliphatic carbocycles. The molecule has 1 saturated heterocycles. The molecule has 38 heavy (non-hydrogen) atoms. The van der Waals surface area contributed by atoms with Gasteiger partial charge < -0.3 is 9.64 Å². The number of rotatable bonds is 6. The van der Waals surface area contributed by atoms with E-state index in [1.54, 1.807) is 18.3 Å². The van der Waals surface area contributed by atoms with Crippen LogP contribution in [0.15, 0.2) is 88.9 Å². The second-order valence-electron chi connectivity index (χ2n) is 8.94. The molecule has 0 bridgehead atoms. The summed E-state index contributed by atoms with van der Waals surface area (Å²) < 4.78 is 71.1. The van der Waals surface area contributed by atoms with E-state index in [2.05, 4.69) is 21.8 Å².